The van der Waals surface area contributed by atoms with Crippen LogP contribution in [0.25, 0.3) is 0 Å². The highest BCUT2D eigenvalue weighted by molar-refractivity contribution is 7.92. The van der Waals surface area contributed by atoms with Gasteiger partial charge in [0.05, 0.1) is 21.7 Å². The van der Waals surface area contributed by atoms with Crippen molar-refractivity contribution in [2.45, 2.75) is 30.7 Å². The van der Waals surface area contributed by atoms with Crippen LogP contribution < -0.4 is 10.0 Å². The Morgan fingerprint density at radius 1 is 1.00 bits per heavy atom. The lowest BCUT2D eigenvalue weighted by molar-refractivity contribution is -0.136. The first kappa shape index (κ1) is 19.8. The first-order valence-corrected chi connectivity index (χ1v) is 10.6. The van der Waals surface area contributed by atoms with E-state index in [0.29, 0.717) is 0 Å². The number of carbonyl (C=O) groups excluding carboxylic acids is 4. The van der Waals surface area contributed by atoms with Crippen LogP contribution in [0.5, 0.6) is 0 Å². The van der Waals surface area contributed by atoms with Gasteiger partial charge in [0.15, 0.2) is 0 Å². The molecule has 10 heteroatoms. The van der Waals surface area contributed by atoms with Crippen LogP contribution in [-0.4, -0.2) is 43.0 Å². The van der Waals surface area contributed by atoms with Gasteiger partial charge in [-0.2, -0.15) is 0 Å². The van der Waals surface area contributed by atoms with Crippen molar-refractivity contribution in [1.29, 1.82) is 0 Å². The number of anilines is 1. The van der Waals surface area contributed by atoms with E-state index in [-0.39, 0.29) is 34.6 Å². The van der Waals surface area contributed by atoms with E-state index in [4.69, 9.17) is 0 Å². The number of carbonyl (C=O) groups is 4. The smallest absolute Gasteiger partial charge is 0.264 e. The summed E-state index contributed by atoms with van der Waals surface area (Å²) in [5, 5.41) is 2.12. The minimum atomic E-state index is -4.01. The molecular weight excluding hydrogens is 410 g/mol. The summed E-state index contributed by atoms with van der Waals surface area (Å²) in [5.74, 6) is -2.70. The van der Waals surface area contributed by atoms with Crippen LogP contribution in [0.15, 0.2) is 47.4 Å². The molecule has 2 aromatic carbocycles. The zero-order valence-electron chi connectivity index (χ0n) is 15.8. The maximum Gasteiger partial charge on any atom is 0.264 e. The third-order valence-corrected chi connectivity index (χ3v) is 6.43. The summed E-state index contributed by atoms with van der Waals surface area (Å²) in [6, 6.07) is 9.25. The summed E-state index contributed by atoms with van der Waals surface area (Å²) in [7, 11) is -4.01. The number of hydrogen-bond acceptors (Lipinski definition) is 6. The van der Waals surface area contributed by atoms with Gasteiger partial charge in [-0.25, -0.2) is 8.42 Å². The van der Waals surface area contributed by atoms with Crippen LogP contribution in [0.1, 0.15) is 39.1 Å². The molecule has 2 aliphatic rings. The van der Waals surface area contributed by atoms with Gasteiger partial charge in [-0.15, -0.1) is 0 Å². The van der Waals surface area contributed by atoms with Crippen LogP contribution in [0.2, 0.25) is 0 Å². The maximum atomic E-state index is 13.0. The molecule has 0 spiro atoms. The molecule has 0 radical (unpaired) electrons. The van der Waals surface area contributed by atoms with Crippen LogP contribution in [0, 0.1) is 6.92 Å². The summed E-state index contributed by atoms with van der Waals surface area (Å²) < 4.78 is 27.9. The molecule has 1 atom stereocenters. The van der Waals surface area contributed by atoms with Crippen molar-refractivity contribution in [2.75, 3.05) is 4.72 Å². The van der Waals surface area contributed by atoms with E-state index in [1.165, 1.54) is 30.3 Å². The molecule has 154 valence electrons. The first-order valence-electron chi connectivity index (χ1n) is 9.13. The number of fused-ring (bicyclic) bond motifs is 1. The van der Waals surface area contributed by atoms with Crippen LogP contribution in [-0.2, 0) is 19.6 Å². The van der Waals surface area contributed by atoms with Gasteiger partial charge in [0, 0.05) is 6.42 Å². The van der Waals surface area contributed by atoms with E-state index in [1.807, 2.05) is 6.92 Å². The number of nitrogens with zero attached hydrogens (tertiary/aromatic N) is 1. The van der Waals surface area contributed by atoms with Gasteiger partial charge < -0.3 is 0 Å². The van der Waals surface area contributed by atoms with Crippen molar-refractivity contribution in [1.82, 2.24) is 10.2 Å². The maximum absolute atomic E-state index is 13.0. The average molecular weight is 427 g/mol. The topological polar surface area (TPSA) is 130 Å². The molecule has 2 aromatic rings. The van der Waals surface area contributed by atoms with Gasteiger partial charge in [-0.1, -0.05) is 23.8 Å². The van der Waals surface area contributed by atoms with Gasteiger partial charge in [0.25, 0.3) is 21.8 Å². The Morgan fingerprint density at radius 2 is 1.70 bits per heavy atom. The lowest BCUT2D eigenvalue weighted by Crippen LogP contribution is -2.54. The van der Waals surface area contributed by atoms with Crippen LogP contribution in [0.4, 0.5) is 5.69 Å². The van der Waals surface area contributed by atoms with Crippen LogP contribution >= 0.6 is 0 Å². The van der Waals surface area contributed by atoms with Crippen molar-refractivity contribution in [3.05, 3.63) is 59.2 Å². The van der Waals surface area contributed by atoms with Crippen molar-refractivity contribution >= 4 is 39.3 Å². The predicted molar refractivity (Wildman–Crippen MR) is 105 cm³/mol. The van der Waals surface area contributed by atoms with Crippen molar-refractivity contribution < 1.29 is 27.6 Å². The molecule has 0 bridgehead atoms. The molecule has 2 aliphatic heterocycles. The number of rotatable bonds is 4. The second-order valence-electron chi connectivity index (χ2n) is 7.09. The molecule has 0 saturated carbocycles. The fourth-order valence-electron chi connectivity index (χ4n) is 3.52. The average Bonchev–Trinajstić information content (AvgIpc) is 2.94. The SMILES string of the molecule is Cc1ccc(S(=O)(=O)Nc2cccc3c2C(=O)N(C2CCC(=O)NC2=O)C3=O)cc1. The second-order valence-corrected chi connectivity index (χ2v) is 8.78. The monoisotopic (exact) mass is 427 g/mol. The number of aryl methyl sites for hydroxylation is 1. The molecule has 1 fully saturated rings. The quantitative estimate of drug-likeness (QED) is 0.705. The molecule has 0 aromatic heterocycles. The van der Waals surface area contributed by atoms with Crippen LogP contribution in [0.3, 0.4) is 0 Å². The Balaban J connectivity index is 1.69. The lowest BCUT2D eigenvalue weighted by atomic mass is 10.0. The van der Waals surface area contributed by atoms with E-state index in [2.05, 4.69) is 10.0 Å². The van der Waals surface area contributed by atoms with E-state index in [0.717, 1.165) is 10.5 Å². The van der Waals surface area contributed by atoms with Crippen molar-refractivity contribution in [3.63, 3.8) is 0 Å². The summed E-state index contributed by atoms with van der Waals surface area (Å²) in [6.07, 6.45) is 0.0112. The Hall–Kier alpha value is -3.53. The highest BCUT2D eigenvalue weighted by Crippen LogP contribution is 2.33. The Labute approximate surface area is 172 Å². The standard InChI is InChI=1S/C20H17N3O6S/c1-11-5-7-12(8-6-11)30(28,29)22-14-4-2-3-13-17(14)20(27)23(19(13)26)15-9-10-16(24)21-18(15)25/h2-8,15,22H,9-10H2,1H3,(H,21,24,25). The highest BCUT2D eigenvalue weighted by Gasteiger charge is 2.45. The van der Waals surface area contributed by atoms with Crippen molar-refractivity contribution in [2.24, 2.45) is 0 Å². The number of nitrogens with one attached hydrogen (secondary N) is 2. The second kappa shape index (κ2) is 7.06. The zero-order chi connectivity index (χ0) is 21.6. The third kappa shape index (κ3) is 3.24. The molecule has 9 nitrogen and oxygen atoms in total. The van der Waals surface area contributed by atoms with E-state index in [1.54, 1.807) is 12.1 Å². The number of benzene rings is 2. The molecule has 4 amide bonds. The molecule has 4 rings (SSSR count). The summed E-state index contributed by atoms with van der Waals surface area (Å²) in [6.45, 7) is 1.82. The number of sulfonamides is 1. The minimum Gasteiger partial charge on any atom is -0.295 e. The van der Waals surface area contributed by atoms with Gasteiger partial charge >= 0.3 is 0 Å². The molecule has 1 unspecified atom stereocenters. The van der Waals surface area contributed by atoms with Gasteiger partial charge in [0.2, 0.25) is 11.8 Å². The third-order valence-electron chi connectivity index (χ3n) is 5.04. The molecule has 0 aliphatic carbocycles. The van der Waals surface area contributed by atoms with Gasteiger partial charge in [-0.3, -0.25) is 34.1 Å². The minimum absolute atomic E-state index is 0.00325. The summed E-state index contributed by atoms with van der Waals surface area (Å²) >= 11 is 0. The van der Waals surface area contributed by atoms with E-state index in [9.17, 15) is 27.6 Å². The van der Waals surface area contributed by atoms with Gasteiger partial charge in [0.1, 0.15) is 6.04 Å². The van der Waals surface area contributed by atoms with E-state index >= 15 is 0 Å². The Kier molecular flexibility index (Phi) is 4.65. The summed E-state index contributed by atoms with van der Waals surface area (Å²) in [4.78, 5) is 50.2. The number of hydrogen-bond donors (Lipinski definition) is 2. The van der Waals surface area contributed by atoms with E-state index < -0.39 is 39.7 Å². The lowest BCUT2D eigenvalue weighted by Gasteiger charge is -2.27. The molecular formula is C20H17N3O6S. The predicted octanol–water partition coefficient (Wildman–Crippen LogP) is 1.20. The Morgan fingerprint density at radius 3 is 2.37 bits per heavy atom. The fraction of sp³-hybridized carbons (Fsp3) is 0.200. The fourth-order valence-corrected chi connectivity index (χ4v) is 4.59. The number of imide groups is 2. The van der Waals surface area contributed by atoms with Gasteiger partial charge in [-0.05, 0) is 37.6 Å². The molecule has 1 saturated heterocycles. The molecule has 2 heterocycles. The number of piperidine rings is 1. The summed E-state index contributed by atoms with van der Waals surface area (Å²) in [5.41, 5.74) is 0.702. The number of amides is 4. The first-order chi connectivity index (χ1) is 14.2. The largest absolute Gasteiger partial charge is 0.295 e. The molecule has 30 heavy (non-hydrogen) atoms. The zero-order valence-corrected chi connectivity index (χ0v) is 16.7. The highest BCUT2D eigenvalue weighted by atomic mass is 32.2. The Bertz CT molecular complexity index is 1200. The van der Waals surface area contributed by atoms with Crippen molar-refractivity contribution in [3.8, 4) is 0 Å². The normalized spacial score (nSPS) is 19.0. The molecule has 2 N–H and O–H groups in total.